The van der Waals surface area contributed by atoms with E-state index in [1.165, 1.54) is 109 Å². The van der Waals surface area contributed by atoms with E-state index in [0.717, 1.165) is 30.8 Å². The third-order valence-electron chi connectivity index (χ3n) is 10.9. The molecule has 0 aromatic carbocycles. The van der Waals surface area contributed by atoms with E-state index >= 15 is 0 Å². The van der Waals surface area contributed by atoms with Gasteiger partial charge in [0.15, 0.2) is 0 Å². The summed E-state index contributed by atoms with van der Waals surface area (Å²) in [4.78, 5) is 12.6. The van der Waals surface area contributed by atoms with Gasteiger partial charge in [0.2, 0.25) is 0 Å². The second-order valence-corrected chi connectivity index (χ2v) is 12.7. The molecule has 0 aliphatic heterocycles. The van der Waals surface area contributed by atoms with Crippen molar-refractivity contribution in [1.29, 1.82) is 0 Å². The van der Waals surface area contributed by atoms with Crippen molar-refractivity contribution in [2.24, 2.45) is 34.5 Å². The molecule has 0 spiro atoms. The highest BCUT2D eigenvalue weighted by Gasteiger charge is 2.60. The smallest absolute Gasteiger partial charge is 0.139 e. The summed E-state index contributed by atoms with van der Waals surface area (Å²) in [5, 5.41) is 0. The fourth-order valence-corrected chi connectivity index (χ4v) is 8.80. The lowest BCUT2D eigenvalue weighted by Gasteiger charge is -2.60. The van der Waals surface area contributed by atoms with Gasteiger partial charge < -0.3 is 4.74 Å². The number of fused-ring (bicyclic) bond motifs is 5. The molecule has 7 atom stereocenters. The molecule has 184 valence electrons. The van der Waals surface area contributed by atoms with E-state index in [1.54, 1.807) is 0 Å². The van der Waals surface area contributed by atoms with Crippen LogP contribution in [0.25, 0.3) is 0 Å². The zero-order chi connectivity index (χ0) is 22.6. The van der Waals surface area contributed by atoms with Crippen LogP contribution >= 0.6 is 0 Å². The zero-order valence-corrected chi connectivity index (χ0v) is 21.6. The molecule has 32 heavy (non-hydrogen) atoms. The van der Waals surface area contributed by atoms with E-state index in [1.807, 2.05) is 0 Å². The van der Waals surface area contributed by atoms with Crippen molar-refractivity contribution in [3.63, 3.8) is 0 Å². The Morgan fingerprint density at radius 2 is 1.53 bits per heavy atom. The molecule has 0 amide bonds. The van der Waals surface area contributed by atoms with Crippen molar-refractivity contribution < 1.29 is 9.53 Å². The van der Waals surface area contributed by atoms with Crippen LogP contribution in [0.4, 0.5) is 0 Å². The van der Waals surface area contributed by atoms with Crippen molar-refractivity contribution in [2.45, 2.75) is 142 Å². The maximum absolute atomic E-state index is 12.6. The monoisotopic (exact) mass is 444 g/mol. The molecule has 0 aromatic heterocycles. The van der Waals surface area contributed by atoms with Crippen molar-refractivity contribution in [1.82, 2.24) is 0 Å². The lowest BCUT2D eigenvalue weighted by atomic mass is 9.45. The number of unbranched alkanes of at least 4 members (excludes halogenated alkanes) is 8. The molecule has 0 saturated heterocycles. The molecule has 0 N–H and O–H groups in total. The summed E-state index contributed by atoms with van der Waals surface area (Å²) in [6.45, 7) is 8.22. The average Bonchev–Trinajstić information content (AvgIpc) is 3.09. The van der Waals surface area contributed by atoms with E-state index < -0.39 is 0 Å². The molecule has 0 unspecified atom stereocenters. The minimum absolute atomic E-state index is 0.0280. The van der Waals surface area contributed by atoms with Crippen LogP contribution in [0.3, 0.4) is 0 Å². The van der Waals surface area contributed by atoms with Crippen molar-refractivity contribution in [2.75, 3.05) is 6.61 Å². The van der Waals surface area contributed by atoms with Crippen molar-refractivity contribution >= 4 is 5.78 Å². The highest BCUT2D eigenvalue weighted by Crippen LogP contribution is 2.65. The van der Waals surface area contributed by atoms with Gasteiger partial charge in [-0.2, -0.15) is 0 Å². The fourth-order valence-electron chi connectivity index (χ4n) is 8.80. The quantitative estimate of drug-likeness (QED) is 0.298. The van der Waals surface area contributed by atoms with Crippen LogP contribution in [0.2, 0.25) is 0 Å². The van der Waals surface area contributed by atoms with Gasteiger partial charge in [-0.15, -0.1) is 0 Å². The van der Waals surface area contributed by atoms with Gasteiger partial charge in [-0.25, -0.2) is 0 Å². The third-order valence-corrected chi connectivity index (χ3v) is 10.9. The van der Waals surface area contributed by atoms with Crippen LogP contribution in [-0.2, 0) is 9.53 Å². The second-order valence-electron chi connectivity index (χ2n) is 12.7. The summed E-state index contributed by atoms with van der Waals surface area (Å²) in [5.41, 5.74) is 0.535. The van der Waals surface area contributed by atoms with E-state index in [2.05, 4.69) is 20.8 Å². The third kappa shape index (κ3) is 5.01. The Labute approximate surface area is 199 Å². The average molecular weight is 445 g/mol. The van der Waals surface area contributed by atoms with Gasteiger partial charge in [0, 0.05) is 18.4 Å². The maximum Gasteiger partial charge on any atom is 0.139 e. The topological polar surface area (TPSA) is 26.3 Å². The number of carbonyl (C=O) groups is 1. The molecule has 4 saturated carbocycles. The Morgan fingerprint density at radius 1 is 0.812 bits per heavy atom. The Morgan fingerprint density at radius 3 is 2.28 bits per heavy atom. The van der Waals surface area contributed by atoms with Crippen molar-refractivity contribution in [3.8, 4) is 0 Å². The van der Waals surface area contributed by atoms with Gasteiger partial charge in [-0.3, -0.25) is 4.79 Å². The molecule has 0 radical (unpaired) electrons. The molecule has 4 aliphatic carbocycles. The van der Waals surface area contributed by atoms with Crippen LogP contribution in [0, 0.1) is 34.5 Å². The first-order valence-corrected chi connectivity index (χ1v) is 14.6. The summed E-state index contributed by atoms with van der Waals surface area (Å²) >= 11 is 0. The first-order chi connectivity index (χ1) is 15.5. The SMILES string of the molecule is CCCCCCCCCCCO[C@H]1CC[C@@]2(C)[C@@H](CC[C@@H]3[C@@H]2CC[C@]2(C)C(=O)CC[C@@H]32)C1. The summed E-state index contributed by atoms with van der Waals surface area (Å²) in [7, 11) is 0. The molecule has 4 fully saturated rings. The molecule has 2 heteroatoms. The van der Waals surface area contributed by atoms with Crippen molar-refractivity contribution in [3.05, 3.63) is 0 Å². The van der Waals surface area contributed by atoms with Crippen LogP contribution < -0.4 is 0 Å². The molecular weight excluding hydrogens is 392 g/mol. The van der Waals surface area contributed by atoms with E-state index in [9.17, 15) is 4.79 Å². The van der Waals surface area contributed by atoms with Crippen LogP contribution in [-0.4, -0.2) is 18.5 Å². The molecule has 2 nitrogen and oxygen atoms in total. The lowest BCUT2D eigenvalue weighted by Crippen LogP contribution is -2.54. The normalized spacial score (nSPS) is 41.2. The predicted molar refractivity (Wildman–Crippen MR) is 134 cm³/mol. The Kier molecular flexibility index (Phi) is 8.44. The number of hydrogen-bond donors (Lipinski definition) is 0. The molecule has 4 rings (SSSR count). The molecule has 0 heterocycles. The Bertz CT molecular complexity index is 614. The maximum atomic E-state index is 12.6. The van der Waals surface area contributed by atoms with Gasteiger partial charge in [-0.05, 0) is 86.9 Å². The summed E-state index contributed by atoms with van der Waals surface area (Å²) < 4.78 is 6.43. The molecule has 0 aromatic rings. The van der Waals surface area contributed by atoms with E-state index in [-0.39, 0.29) is 5.41 Å². The number of rotatable bonds is 11. The fraction of sp³-hybridized carbons (Fsp3) is 0.967. The van der Waals surface area contributed by atoms with Gasteiger partial charge in [-0.1, -0.05) is 72.1 Å². The lowest BCUT2D eigenvalue weighted by molar-refractivity contribution is -0.145. The summed E-state index contributed by atoms with van der Waals surface area (Å²) in [5.74, 6) is 3.81. The highest BCUT2D eigenvalue weighted by atomic mass is 16.5. The molecule has 4 aliphatic rings. The number of carbonyl (C=O) groups excluding carboxylic acids is 1. The zero-order valence-electron chi connectivity index (χ0n) is 21.6. The Balaban J connectivity index is 1.17. The number of hydrogen-bond acceptors (Lipinski definition) is 2. The summed E-state index contributed by atoms with van der Waals surface area (Å²) in [6.07, 6.45) is 24.2. The minimum atomic E-state index is 0.0280. The summed E-state index contributed by atoms with van der Waals surface area (Å²) in [6, 6.07) is 0. The van der Waals surface area contributed by atoms with Crippen LogP contribution in [0.5, 0.6) is 0 Å². The predicted octanol–water partition coefficient (Wildman–Crippen LogP) is 8.51. The second kappa shape index (κ2) is 10.9. The largest absolute Gasteiger partial charge is 0.378 e. The number of ketones is 1. The van der Waals surface area contributed by atoms with E-state index in [4.69, 9.17) is 4.74 Å². The van der Waals surface area contributed by atoms with Gasteiger partial charge in [0.05, 0.1) is 6.10 Å². The van der Waals surface area contributed by atoms with Crippen LogP contribution in [0.1, 0.15) is 136 Å². The highest BCUT2D eigenvalue weighted by molar-refractivity contribution is 5.87. The van der Waals surface area contributed by atoms with Crippen LogP contribution in [0.15, 0.2) is 0 Å². The van der Waals surface area contributed by atoms with Gasteiger partial charge in [0.1, 0.15) is 5.78 Å². The first-order valence-electron chi connectivity index (χ1n) is 14.6. The van der Waals surface area contributed by atoms with Gasteiger partial charge >= 0.3 is 0 Å². The first kappa shape index (κ1) is 24.7. The number of Topliss-reactive ketones (excluding diaryl/α,β-unsaturated/α-hetero) is 1. The Hall–Kier alpha value is -0.370. The van der Waals surface area contributed by atoms with E-state index in [0.29, 0.717) is 23.2 Å². The standard InChI is InChI=1S/C30H52O2/c1-4-5-6-7-8-9-10-11-12-21-32-24-17-19-29(2)23(22-24)13-14-25-26-15-16-28(31)30(26,3)20-18-27(25)29/h23-27H,4-22H2,1-3H3/t23-,24-,25-,26-,27-,29-,30-/m0/s1. The molecular formula is C30H52O2. The minimum Gasteiger partial charge on any atom is -0.378 e. The van der Waals surface area contributed by atoms with Gasteiger partial charge in [0.25, 0.3) is 0 Å². The number of ether oxygens (including phenoxy) is 1. The molecule has 0 bridgehead atoms.